The third-order valence-corrected chi connectivity index (χ3v) is 11.3. The van der Waals surface area contributed by atoms with Gasteiger partial charge in [-0.15, -0.1) is 0 Å². The van der Waals surface area contributed by atoms with Crippen LogP contribution in [0.2, 0.25) is 0 Å². The highest BCUT2D eigenvalue weighted by atomic mass is 16.5. The Hall–Kier alpha value is -4.08. The molecule has 2 rings (SSSR count). The average molecular weight is 877 g/mol. The molecule has 3 N–H and O–H groups in total. The molecule has 1 fully saturated rings. The standard InChI is InChI=1S/C40H66N6O9.C4H10.C3H8/c1-12-26(4)36(45(8)34(49)24-42-39(51)35(25(2)3)44(7)33(48)23-41-6)31(53-9)22-32(47)46-20-16-19-30(46)37(54-10)27(5)38(50)43-29(40(52)55-11)21-28-17-14-13-15-18-28;1-3-4-2;1-3-2/h13-15,17-18,25-27,29-31,35-37,41H,12,16,19-24H2,1-11H3,(H,42,51)(H,43,50);3-4H2,1-2H3;3H2,1-2H3. The third kappa shape index (κ3) is 18.7. The smallest absolute Gasteiger partial charge is 0.328 e. The molecule has 0 radical (unpaired) electrons. The monoisotopic (exact) mass is 877 g/mol. The zero-order valence-corrected chi connectivity index (χ0v) is 40.9. The molecule has 0 bridgehead atoms. The van der Waals surface area contributed by atoms with E-state index in [0.29, 0.717) is 25.8 Å². The highest BCUT2D eigenvalue weighted by molar-refractivity contribution is 5.91. The van der Waals surface area contributed by atoms with Crippen molar-refractivity contribution < 1.29 is 43.0 Å². The number of benzene rings is 1. The quantitative estimate of drug-likeness (QED) is 0.129. The second-order valence-electron chi connectivity index (χ2n) is 16.6. The number of ether oxygens (including phenoxy) is 3. The summed E-state index contributed by atoms with van der Waals surface area (Å²) in [7, 11) is 9.16. The van der Waals surface area contributed by atoms with Crippen molar-refractivity contribution in [3.8, 4) is 0 Å². The van der Waals surface area contributed by atoms with Gasteiger partial charge in [-0.25, -0.2) is 4.79 Å². The van der Waals surface area contributed by atoms with E-state index in [9.17, 15) is 28.8 Å². The Kier molecular flexibility index (Phi) is 29.6. The maximum Gasteiger partial charge on any atom is 0.328 e. The number of carbonyl (C=O) groups is 6. The fourth-order valence-corrected chi connectivity index (χ4v) is 7.56. The number of methoxy groups -OCH3 is 3. The largest absolute Gasteiger partial charge is 0.467 e. The lowest BCUT2D eigenvalue weighted by atomic mass is 9.90. The number of amides is 5. The van der Waals surface area contributed by atoms with E-state index in [0.717, 1.165) is 5.56 Å². The van der Waals surface area contributed by atoms with E-state index in [1.165, 1.54) is 50.4 Å². The summed E-state index contributed by atoms with van der Waals surface area (Å²) in [5.41, 5.74) is 0.864. The van der Waals surface area contributed by atoms with Gasteiger partial charge in [-0.1, -0.05) is 118 Å². The lowest BCUT2D eigenvalue weighted by Gasteiger charge is -2.39. The molecule has 0 spiro atoms. The topological polar surface area (TPSA) is 176 Å². The van der Waals surface area contributed by atoms with Gasteiger partial charge < -0.3 is 44.9 Å². The average Bonchev–Trinajstić information content (AvgIpc) is 3.75. The second kappa shape index (κ2) is 31.7. The molecule has 356 valence electrons. The van der Waals surface area contributed by atoms with Crippen LogP contribution < -0.4 is 16.0 Å². The van der Waals surface area contributed by atoms with Crippen molar-refractivity contribution in [2.45, 2.75) is 150 Å². The van der Waals surface area contributed by atoms with Crippen LogP contribution in [-0.2, 0) is 49.4 Å². The molecule has 1 aliphatic rings. The molecular formula is C47H84N6O9. The van der Waals surface area contributed by atoms with Crippen LogP contribution in [0.3, 0.4) is 0 Å². The van der Waals surface area contributed by atoms with E-state index >= 15 is 0 Å². The number of hydrogen-bond donors (Lipinski definition) is 3. The first kappa shape index (κ1) is 57.9. The Morgan fingerprint density at radius 1 is 0.823 bits per heavy atom. The number of rotatable bonds is 23. The van der Waals surface area contributed by atoms with Gasteiger partial charge >= 0.3 is 5.97 Å². The van der Waals surface area contributed by atoms with Gasteiger partial charge in [0.2, 0.25) is 29.5 Å². The van der Waals surface area contributed by atoms with Crippen LogP contribution in [0.1, 0.15) is 113 Å². The van der Waals surface area contributed by atoms with E-state index in [4.69, 9.17) is 14.2 Å². The van der Waals surface area contributed by atoms with Gasteiger partial charge in [0, 0.05) is 41.3 Å². The van der Waals surface area contributed by atoms with Crippen LogP contribution in [0.5, 0.6) is 0 Å². The lowest BCUT2D eigenvalue weighted by Crippen LogP contribution is -2.56. The van der Waals surface area contributed by atoms with Crippen LogP contribution in [0.4, 0.5) is 0 Å². The summed E-state index contributed by atoms with van der Waals surface area (Å²) in [5.74, 6) is -3.18. The summed E-state index contributed by atoms with van der Waals surface area (Å²) in [6.45, 7) is 18.2. The van der Waals surface area contributed by atoms with Crippen LogP contribution in [0, 0.1) is 17.8 Å². The first-order valence-corrected chi connectivity index (χ1v) is 22.6. The van der Waals surface area contributed by atoms with Crippen molar-refractivity contribution in [3.05, 3.63) is 35.9 Å². The van der Waals surface area contributed by atoms with Crippen molar-refractivity contribution in [1.82, 2.24) is 30.7 Å². The first-order chi connectivity index (χ1) is 29.4. The van der Waals surface area contributed by atoms with Gasteiger partial charge in [-0.05, 0) is 37.3 Å². The summed E-state index contributed by atoms with van der Waals surface area (Å²) >= 11 is 0. The lowest BCUT2D eigenvalue weighted by molar-refractivity contribution is -0.148. The van der Waals surface area contributed by atoms with Gasteiger partial charge in [0.1, 0.15) is 12.1 Å². The number of unbranched alkanes of at least 4 members (excludes halogenated alkanes) is 1. The molecular weight excluding hydrogens is 793 g/mol. The van der Waals surface area contributed by atoms with E-state index in [-0.39, 0.29) is 55.5 Å². The molecule has 0 aliphatic carbocycles. The molecule has 8 unspecified atom stereocenters. The second-order valence-corrected chi connectivity index (χ2v) is 16.6. The zero-order valence-electron chi connectivity index (χ0n) is 40.9. The minimum atomic E-state index is -0.903. The Labute approximate surface area is 374 Å². The van der Waals surface area contributed by atoms with Crippen molar-refractivity contribution in [1.29, 1.82) is 0 Å². The van der Waals surface area contributed by atoms with E-state index in [2.05, 4.69) is 43.6 Å². The fraction of sp³-hybridized carbons (Fsp3) is 0.745. The van der Waals surface area contributed by atoms with Crippen molar-refractivity contribution in [3.63, 3.8) is 0 Å². The number of nitrogens with one attached hydrogen (secondary N) is 3. The minimum absolute atomic E-state index is 0.0295. The van der Waals surface area contributed by atoms with Crippen LogP contribution in [0.15, 0.2) is 30.3 Å². The molecule has 8 atom stereocenters. The number of esters is 1. The normalized spacial score (nSPS) is 16.7. The van der Waals surface area contributed by atoms with Crippen LogP contribution in [0.25, 0.3) is 0 Å². The van der Waals surface area contributed by atoms with Gasteiger partial charge in [0.25, 0.3) is 0 Å². The Bertz CT molecular complexity index is 1460. The van der Waals surface area contributed by atoms with E-state index in [1.807, 2.05) is 58.0 Å². The Morgan fingerprint density at radius 3 is 1.89 bits per heavy atom. The molecule has 5 amide bonds. The fourth-order valence-electron chi connectivity index (χ4n) is 7.56. The summed E-state index contributed by atoms with van der Waals surface area (Å²) < 4.78 is 16.8. The summed E-state index contributed by atoms with van der Waals surface area (Å²) in [4.78, 5) is 84.4. The van der Waals surface area contributed by atoms with Gasteiger partial charge in [0.05, 0.1) is 56.8 Å². The van der Waals surface area contributed by atoms with Gasteiger partial charge in [-0.2, -0.15) is 0 Å². The molecule has 1 aromatic rings. The first-order valence-electron chi connectivity index (χ1n) is 22.6. The maximum atomic E-state index is 14.1. The molecule has 15 nitrogen and oxygen atoms in total. The number of likely N-dealkylation sites (N-methyl/N-ethyl adjacent to an activating group) is 3. The highest BCUT2D eigenvalue weighted by Crippen LogP contribution is 2.29. The van der Waals surface area contributed by atoms with Gasteiger partial charge in [0.15, 0.2) is 0 Å². The number of carbonyl (C=O) groups excluding carboxylic acids is 6. The molecule has 15 heteroatoms. The summed E-state index contributed by atoms with van der Waals surface area (Å²) in [5, 5.41) is 8.36. The predicted octanol–water partition coefficient (Wildman–Crippen LogP) is 4.85. The van der Waals surface area contributed by atoms with Crippen molar-refractivity contribution >= 4 is 35.5 Å². The highest BCUT2D eigenvalue weighted by Gasteiger charge is 2.42. The number of nitrogens with zero attached hydrogens (tertiary/aromatic N) is 3. The molecule has 1 aliphatic heterocycles. The minimum Gasteiger partial charge on any atom is -0.467 e. The third-order valence-electron chi connectivity index (χ3n) is 11.3. The molecule has 1 saturated heterocycles. The Morgan fingerprint density at radius 2 is 1.40 bits per heavy atom. The zero-order chi connectivity index (χ0) is 47.5. The van der Waals surface area contributed by atoms with Crippen LogP contribution in [-0.4, -0.2) is 149 Å². The number of likely N-dealkylation sites (tertiary alicyclic amines) is 1. The van der Waals surface area contributed by atoms with Crippen molar-refractivity contribution in [2.75, 3.05) is 62.1 Å². The predicted molar refractivity (Wildman–Crippen MR) is 245 cm³/mol. The molecule has 1 aromatic carbocycles. The number of hydrogen-bond acceptors (Lipinski definition) is 10. The molecule has 0 saturated carbocycles. The summed E-state index contributed by atoms with van der Waals surface area (Å²) in [6, 6.07) is 6.74. The maximum absolute atomic E-state index is 14.1. The molecule has 1 heterocycles. The van der Waals surface area contributed by atoms with E-state index < -0.39 is 60.1 Å². The van der Waals surface area contributed by atoms with Gasteiger partial charge in [-0.3, -0.25) is 24.0 Å². The SMILES string of the molecule is CCC.CCC(C)C(C(CC(=O)N1CCCC1C(OC)C(C)C(=O)NC(Cc1ccccc1)C(=O)OC)OC)N(C)C(=O)CNC(=O)C(C(C)C)N(C)C(=O)CNC.CCCC. The Balaban J connectivity index is 0.00000493. The molecule has 0 aromatic heterocycles. The molecule has 62 heavy (non-hydrogen) atoms. The van der Waals surface area contributed by atoms with Crippen molar-refractivity contribution in [2.24, 2.45) is 17.8 Å². The summed E-state index contributed by atoms with van der Waals surface area (Å²) in [6.07, 6.45) is 4.79. The van der Waals surface area contributed by atoms with E-state index in [1.54, 1.807) is 33.0 Å². The van der Waals surface area contributed by atoms with Crippen LogP contribution >= 0.6 is 0 Å².